The Bertz CT molecular complexity index is 864. The van der Waals surface area contributed by atoms with Crippen LogP contribution in [0.15, 0.2) is 41.5 Å². The summed E-state index contributed by atoms with van der Waals surface area (Å²) in [6.45, 7) is 1.59. The minimum absolute atomic E-state index is 0.0646. The summed E-state index contributed by atoms with van der Waals surface area (Å²) in [6.07, 6.45) is 1.32. The highest BCUT2D eigenvalue weighted by atomic mass is 16.5. The fourth-order valence-electron chi connectivity index (χ4n) is 2.22. The number of nitrogens with zero attached hydrogens (tertiary/aromatic N) is 1. The molecule has 0 heterocycles. The maximum Gasteiger partial charge on any atom is 0.259 e. The molecule has 0 fully saturated rings. The predicted octanol–water partition coefficient (Wildman–Crippen LogP) is 1.60. The number of hydrazone groups is 1. The third-order valence-corrected chi connectivity index (χ3v) is 3.63. The molecule has 2 amide bonds. The summed E-state index contributed by atoms with van der Waals surface area (Å²) in [7, 11) is 2.97. The van der Waals surface area contributed by atoms with Gasteiger partial charge in [-0.3, -0.25) is 9.59 Å². The third kappa shape index (κ3) is 5.46. The van der Waals surface area contributed by atoms with Crippen molar-refractivity contribution in [1.29, 1.82) is 0 Å². The van der Waals surface area contributed by atoms with Gasteiger partial charge >= 0.3 is 0 Å². The van der Waals surface area contributed by atoms with Crippen LogP contribution < -0.4 is 20.2 Å². The van der Waals surface area contributed by atoms with Crippen LogP contribution in [0.5, 0.6) is 17.2 Å². The van der Waals surface area contributed by atoms with E-state index in [0.29, 0.717) is 22.6 Å². The number of nitrogens with one attached hydrogen (secondary N) is 2. The van der Waals surface area contributed by atoms with Crippen LogP contribution in [-0.4, -0.2) is 43.9 Å². The Labute approximate surface area is 156 Å². The molecule has 0 spiro atoms. The smallest absolute Gasteiger partial charge is 0.259 e. The monoisotopic (exact) mass is 371 g/mol. The van der Waals surface area contributed by atoms with Crippen molar-refractivity contribution < 1.29 is 24.2 Å². The fraction of sp³-hybridized carbons (Fsp3) is 0.211. The molecule has 142 valence electrons. The number of phenols is 1. The molecule has 8 heteroatoms. The molecule has 2 rings (SSSR count). The van der Waals surface area contributed by atoms with Crippen molar-refractivity contribution in [3.05, 3.63) is 53.1 Å². The quantitative estimate of drug-likeness (QED) is 0.506. The zero-order valence-corrected chi connectivity index (χ0v) is 15.3. The number of phenolic OH excluding ortho intramolecular Hbond substituents is 1. The summed E-state index contributed by atoms with van der Waals surface area (Å²) >= 11 is 0. The van der Waals surface area contributed by atoms with Gasteiger partial charge in [0.15, 0.2) is 11.5 Å². The van der Waals surface area contributed by atoms with Crippen LogP contribution >= 0.6 is 0 Å². The summed E-state index contributed by atoms with van der Waals surface area (Å²) in [4.78, 5) is 23.9. The van der Waals surface area contributed by atoms with Crippen molar-refractivity contribution in [2.24, 2.45) is 5.10 Å². The van der Waals surface area contributed by atoms with Gasteiger partial charge in [0.1, 0.15) is 5.75 Å². The first-order chi connectivity index (χ1) is 12.9. The number of methoxy groups -OCH3 is 2. The van der Waals surface area contributed by atoms with Gasteiger partial charge in [0, 0.05) is 11.1 Å². The topological polar surface area (TPSA) is 109 Å². The summed E-state index contributed by atoms with van der Waals surface area (Å²) in [5.41, 5.74) is 3.98. The van der Waals surface area contributed by atoms with Gasteiger partial charge in [-0.25, -0.2) is 5.43 Å². The number of hydrogen-bond donors (Lipinski definition) is 3. The maximum atomic E-state index is 12.1. The highest BCUT2D eigenvalue weighted by Gasteiger charge is 2.11. The lowest BCUT2D eigenvalue weighted by atomic mass is 10.1. The Morgan fingerprint density at radius 1 is 1.11 bits per heavy atom. The molecule has 2 aromatic rings. The molecule has 0 radical (unpaired) electrons. The SMILES string of the molecule is COc1ccc(C(=O)NCC(=O)NN=Cc2ccc(C)cc2O)cc1OC. The molecule has 0 bridgehead atoms. The van der Waals surface area contributed by atoms with E-state index >= 15 is 0 Å². The summed E-state index contributed by atoms with van der Waals surface area (Å²) in [6, 6.07) is 9.77. The van der Waals surface area contributed by atoms with Crippen molar-refractivity contribution >= 4 is 18.0 Å². The van der Waals surface area contributed by atoms with E-state index in [4.69, 9.17) is 9.47 Å². The fourth-order valence-corrected chi connectivity index (χ4v) is 2.22. The number of benzene rings is 2. The minimum Gasteiger partial charge on any atom is -0.507 e. The zero-order chi connectivity index (χ0) is 19.8. The average molecular weight is 371 g/mol. The first-order valence-electron chi connectivity index (χ1n) is 8.06. The number of rotatable bonds is 7. The van der Waals surface area contributed by atoms with E-state index in [9.17, 15) is 14.7 Å². The number of amides is 2. The van der Waals surface area contributed by atoms with Crippen LogP contribution in [0.25, 0.3) is 0 Å². The van der Waals surface area contributed by atoms with Crippen LogP contribution in [0.4, 0.5) is 0 Å². The number of aromatic hydroxyl groups is 1. The molecule has 0 saturated carbocycles. The second kappa shape index (κ2) is 9.23. The lowest BCUT2D eigenvalue weighted by molar-refractivity contribution is -0.120. The van der Waals surface area contributed by atoms with Gasteiger partial charge in [0.05, 0.1) is 27.0 Å². The van der Waals surface area contributed by atoms with Crippen molar-refractivity contribution in [2.45, 2.75) is 6.92 Å². The van der Waals surface area contributed by atoms with Gasteiger partial charge in [-0.05, 0) is 42.8 Å². The molecule has 0 aliphatic carbocycles. The maximum absolute atomic E-state index is 12.1. The van der Waals surface area contributed by atoms with E-state index in [0.717, 1.165) is 5.56 Å². The number of ether oxygens (including phenoxy) is 2. The molecule has 0 aromatic heterocycles. The number of hydrogen-bond acceptors (Lipinski definition) is 6. The Balaban J connectivity index is 1.87. The molecule has 0 aliphatic rings. The van der Waals surface area contributed by atoms with Gasteiger partial charge in [0.2, 0.25) is 0 Å². The number of carbonyl (C=O) groups excluding carboxylic acids is 2. The molecule has 2 aromatic carbocycles. The van der Waals surface area contributed by atoms with Crippen LogP contribution in [0.3, 0.4) is 0 Å². The predicted molar refractivity (Wildman–Crippen MR) is 100 cm³/mol. The zero-order valence-electron chi connectivity index (χ0n) is 15.3. The molecule has 3 N–H and O–H groups in total. The Hall–Kier alpha value is -3.55. The van der Waals surface area contributed by atoms with E-state index < -0.39 is 11.8 Å². The number of aryl methyl sites for hydroxylation is 1. The van der Waals surface area contributed by atoms with Crippen LogP contribution in [-0.2, 0) is 4.79 Å². The van der Waals surface area contributed by atoms with Crippen molar-refractivity contribution in [2.75, 3.05) is 20.8 Å². The molecule has 0 unspecified atom stereocenters. The molecule has 0 atom stereocenters. The summed E-state index contributed by atoms with van der Waals surface area (Å²) < 4.78 is 10.3. The molecule has 0 saturated heterocycles. The highest BCUT2D eigenvalue weighted by Crippen LogP contribution is 2.27. The van der Waals surface area contributed by atoms with E-state index in [1.807, 2.05) is 13.0 Å². The van der Waals surface area contributed by atoms with E-state index in [1.54, 1.807) is 24.3 Å². The molecular weight excluding hydrogens is 350 g/mol. The number of carbonyl (C=O) groups is 2. The van der Waals surface area contributed by atoms with E-state index in [2.05, 4.69) is 15.8 Å². The highest BCUT2D eigenvalue weighted by molar-refractivity contribution is 5.97. The van der Waals surface area contributed by atoms with E-state index in [-0.39, 0.29) is 12.3 Å². The molecular formula is C19H21N3O5. The molecule has 8 nitrogen and oxygen atoms in total. The minimum atomic E-state index is -0.508. The van der Waals surface area contributed by atoms with Gasteiger partial charge < -0.3 is 19.9 Å². The summed E-state index contributed by atoms with van der Waals surface area (Å²) in [5.74, 6) is 0.0327. The van der Waals surface area contributed by atoms with Crippen LogP contribution in [0, 0.1) is 6.92 Å². The van der Waals surface area contributed by atoms with Crippen molar-refractivity contribution in [1.82, 2.24) is 10.7 Å². The molecule has 0 aliphatic heterocycles. The van der Waals surface area contributed by atoms with Crippen molar-refractivity contribution in [3.8, 4) is 17.2 Å². The standard InChI is InChI=1S/C19H21N3O5/c1-12-4-5-14(15(23)8-12)10-21-22-18(24)11-20-19(25)13-6-7-16(26-2)17(9-13)27-3/h4-10,23H,11H2,1-3H3,(H,20,25)(H,22,24). The normalized spacial score (nSPS) is 10.5. The second-order valence-corrected chi connectivity index (χ2v) is 5.61. The van der Waals surface area contributed by atoms with Crippen molar-refractivity contribution in [3.63, 3.8) is 0 Å². The van der Waals surface area contributed by atoms with E-state index in [1.165, 1.54) is 26.5 Å². The first-order valence-corrected chi connectivity index (χ1v) is 8.06. The van der Waals surface area contributed by atoms with Gasteiger partial charge in [-0.2, -0.15) is 5.10 Å². The lowest BCUT2D eigenvalue weighted by Gasteiger charge is -2.09. The Kier molecular flexibility index (Phi) is 6.76. The third-order valence-electron chi connectivity index (χ3n) is 3.63. The van der Waals surface area contributed by atoms with Crippen LogP contribution in [0.1, 0.15) is 21.5 Å². The van der Waals surface area contributed by atoms with Gasteiger partial charge in [0.25, 0.3) is 11.8 Å². The largest absolute Gasteiger partial charge is 0.507 e. The van der Waals surface area contributed by atoms with Gasteiger partial charge in [-0.1, -0.05) is 6.07 Å². The molecule has 27 heavy (non-hydrogen) atoms. The average Bonchev–Trinajstić information content (AvgIpc) is 2.67. The van der Waals surface area contributed by atoms with Crippen LogP contribution in [0.2, 0.25) is 0 Å². The summed E-state index contributed by atoms with van der Waals surface area (Å²) in [5, 5.41) is 16.0. The van der Waals surface area contributed by atoms with Gasteiger partial charge in [-0.15, -0.1) is 0 Å². The lowest BCUT2D eigenvalue weighted by Crippen LogP contribution is -2.34. The first kappa shape index (κ1) is 19.8. The Morgan fingerprint density at radius 3 is 2.52 bits per heavy atom. The Morgan fingerprint density at radius 2 is 1.85 bits per heavy atom. The second-order valence-electron chi connectivity index (χ2n) is 5.61.